The van der Waals surface area contributed by atoms with E-state index in [4.69, 9.17) is 0 Å². The molecule has 1 aliphatic heterocycles. The molecule has 18 heavy (non-hydrogen) atoms. The summed E-state index contributed by atoms with van der Waals surface area (Å²) in [4.78, 5) is 12.1. The summed E-state index contributed by atoms with van der Waals surface area (Å²) in [6.45, 7) is 3.84. The lowest BCUT2D eigenvalue weighted by atomic mass is 9.98. The van der Waals surface area contributed by atoms with E-state index in [0.29, 0.717) is 5.82 Å². The number of carbonyl (C=O) groups excluding carboxylic acids is 1. The highest BCUT2D eigenvalue weighted by atomic mass is 16.2. The summed E-state index contributed by atoms with van der Waals surface area (Å²) in [7, 11) is 0. The molecule has 0 saturated carbocycles. The number of hydrogen-bond acceptors (Lipinski definition) is 5. The maximum absolute atomic E-state index is 12.1. The third-order valence-corrected chi connectivity index (χ3v) is 3.23. The molecule has 7 nitrogen and oxygen atoms in total. The molecule has 1 aromatic rings. The third-order valence-electron chi connectivity index (χ3n) is 3.23. The first-order valence-electron chi connectivity index (χ1n) is 6.55. The van der Waals surface area contributed by atoms with Crippen molar-refractivity contribution in [2.45, 2.75) is 38.6 Å². The second kappa shape index (κ2) is 6.44. The molecular weight excluding hydrogens is 232 g/mol. The zero-order chi connectivity index (χ0) is 12.8. The lowest BCUT2D eigenvalue weighted by molar-refractivity contribution is -0.126. The van der Waals surface area contributed by atoms with Crippen molar-refractivity contribution in [1.82, 2.24) is 31.3 Å². The lowest BCUT2D eigenvalue weighted by Gasteiger charge is -2.24. The van der Waals surface area contributed by atoms with Crippen molar-refractivity contribution in [2.75, 3.05) is 13.1 Å². The molecule has 100 valence electrons. The number of piperidine rings is 1. The molecule has 1 saturated heterocycles. The molecule has 1 aliphatic rings. The molecule has 0 aliphatic carbocycles. The minimum Gasteiger partial charge on any atom is -0.346 e. The average Bonchev–Trinajstić information content (AvgIpc) is 2.93. The molecule has 3 N–H and O–H groups in total. The van der Waals surface area contributed by atoms with Gasteiger partial charge in [0.05, 0.1) is 12.0 Å². The molecule has 2 unspecified atom stereocenters. The summed E-state index contributed by atoms with van der Waals surface area (Å²) < 4.78 is 0. The minimum atomic E-state index is -0.136. The number of tetrazole rings is 1. The Bertz CT molecular complexity index is 360. The van der Waals surface area contributed by atoms with Crippen molar-refractivity contribution in [3.05, 3.63) is 5.82 Å². The molecular formula is C11H20N6O. The first kappa shape index (κ1) is 12.9. The fourth-order valence-corrected chi connectivity index (χ4v) is 2.24. The van der Waals surface area contributed by atoms with Crippen molar-refractivity contribution in [2.24, 2.45) is 5.92 Å². The maximum Gasteiger partial charge on any atom is 0.224 e. The number of rotatable bonds is 5. The number of H-pyrrole nitrogens is 1. The highest BCUT2D eigenvalue weighted by Gasteiger charge is 2.25. The smallest absolute Gasteiger partial charge is 0.224 e. The van der Waals surface area contributed by atoms with Gasteiger partial charge in [-0.05, 0) is 25.8 Å². The Labute approximate surface area is 106 Å². The van der Waals surface area contributed by atoms with Gasteiger partial charge in [0.25, 0.3) is 0 Å². The third kappa shape index (κ3) is 3.25. The molecule has 0 spiro atoms. The van der Waals surface area contributed by atoms with Crippen LogP contribution in [0.25, 0.3) is 0 Å². The standard InChI is InChI=1S/C11H20N6O/c1-2-4-9(10-14-16-17-15-10)13-11(18)8-5-3-6-12-7-8/h8-9,12H,2-7H2,1H3,(H,13,18)(H,14,15,16,17). The molecule has 1 aromatic heterocycles. The van der Waals surface area contributed by atoms with Crippen LogP contribution in [0.15, 0.2) is 0 Å². The fourth-order valence-electron chi connectivity index (χ4n) is 2.24. The van der Waals surface area contributed by atoms with Gasteiger partial charge in [0.1, 0.15) is 0 Å². The SMILES string of the molecule is CCCC(NC(=O)C1CCCNC1)c1nn[nH]n1. The maximum atomic E-state index is 12.1. The van der Waals surface area contributed by atoms with E-state index < -0.39 is 0 Å². The van der Waals surface area contributed by atoms with Gasteiger partial charge in [0, 0.05) is 6.54 Å². The van der Waals surface area contributed by atoms with Crippen molar-refractivity contribution in [3.8, 4) is 0 Å². The summed E-state index contributed by atoms with van der Waals surface area (Å²) >= 11 is 0. The van der Waals surface area contributed by atoms with Gasteiger partial charge in [-0.1, -0.05) is 18.6 Å². The predicted molar refractivity (Wildman–Crippen MR) is 65.6 cm³/mol. The molecule has 0 radical (unpaired) electrons. The molecule has 0 aromatic carbocycles. The molecule has 2 heterocycles. The molecule has 2 atom stereocenters. The van der Waals surface area contributed by atoms with Crippen molar-refractivity contribution >= 4 is 5.91 Å². The summed E-state index contributed by atoms with van der Waals surface area (Å²) in [5.41, 5.74) is 0. The van der Waals surface area contributed by atoms with E-state index in [-0.39, 0.29) is 17.9 Å². The van der Waals surface area contributed by atoms with Crippen LogP contribution >= 0.6 is 0 Å². The first-order valence-corrected chi connectivity index (χ1v) is 6.55. The van der Waals surface area contributed by atoms with Crippen LogP contribution in [0.2, 0.25) is 0 Å². The van der Waals surface area contributed by atoms with Gasteiger partial charge >= 0.3 is 0 Å². The van der Waals surface area contributed by atoms with E-state index in [9.17, 15) is 4.79 Å². The van der Waals surface area contributed by atoms with E-state index in [1.54, 1.807) is 0 Å². The van der Waals surface area contributed by atoms with E-state index in [0.717, 1.165) is 38.8 Å². The van der Waals surface area contributed by atoms with Crippen LogP contribution in [0, 0.1) is 5.92 Å². The van der Waals surface area contributed by atoms with E-state index in [2.05, 4.69) is 38.2 Å². The second-order valence-electron chi connectivity index (χ2n) is 4.66. The van der Waals surface area contributed by atoms with E-state index >= 15 is 0 Å². The van der Waals surface area contributed by atoms with Gasteiger partial charge in [0.15, 0.2) is 5.82 Å². The fraction of sp³-hybridized carbons (Fsp3) is 0.818. The molecule has 2 rings (SSSR count). The van der Waals surface area contributed by atoms with Crippen molar-refractivity contribution in [3.63, 3.8) is 0 Å². The number of aromatic nitrogens is 4. The number of hydrogen-bond donors (Lipinski definition) is 3. The highest BCUT2D eigenvalue weighted by molar-refractivity contribution is 5.79. The first-order chi connectivity index (χ1) is 8.81. The Morgan fingerprint density at radius 2 is 2.50 bits per heavy atom. The molecule has 1 amide bonds. The normalized spacial score (nSPS) is 21.5. The number of carbonyl (C=O) groups is 1. The van der Waals surface area contributed by atoms with Gasteiger partial charge in [-0.3, -0.25) is 4.79 Å². The van der Waals surface area contributed by atoms with Crippen LogP contribution < -0.4 is 10.6 Å². The van der Waals surface area contributed by atoms with Crippen molar-refractivity contribution in [1.29, 1.82) is 0 Å². The number of nitrogens with zero attached hydrogens (tertiary/aromatic N) is 3. The van der Waals surface area contributed by atoms with Gasteiger partial charge in [-0.2, -0.15) is 5.21 Å². The summed E-state index contributed by atoms with van der Waals surface area (Å²) in [6.07, 6.45) is 3.79. The second-order valence-corrected chi connectivity index (χ2v) is 4.66. The zero-order valence-electron chi connectivity index (χ0n) is 10.6. The van der Waals surface area contributed by atoms with Crippen LogP contribution in [-0.4, -0.2) is 39.6 Å². The van der Waals surface area contributed by atoms with Crippen LogP contribution in [0.3, 0.4) is 0 Å². The van der Waals surface area contributed by atoms with Crippen LogP contribution in [-0.2, 0) is 4.79 Å². The van der Waals surface area contributed by atoms with Gasteiger partial charge in [-0.25, -0.2) is 0 Å². The number of amides is 1. The van der Waals surface area contributed by atoms with Crippen LogP contribution in [0.4, 0.5) is 0 Å². The van der Waals surface area contributed by atoms with Gasteiger partial charge < -0.3 is 10.6 Å². The number of nitrogens with one attached hydrogen (secondary N) is 3. The Morgan fingerprint density at radius 3 is 3.11 bits per heavy atom. The van der Waals surface area contributed by atoms with E-state index in [1.807, 2.05) is 0 Å². The highest BCUT2D eigenvalue weighted by Crippen LogP contribution is 2.16. The Balaban J connectivity index is 1.93. The molecule has 0 bridgehead atoms. The van der Waals surface area contributed by atoms with Crippen LogP contribution in [0.1, 0.15) is 44.5 Å². The number of aromatic amines is 1. The molecule has 1 fully saturated rings. The predicted octanol–water partition coefficient (Wildman–Crippen LogP) is 0.157. The Morgan fingerprint density at radius 1 is 1.61 bits per heavy atom. The lowest BCUT2D eigenvalue weighted by Crippen LogP contribution is -2.42. The summed E-state index contributed by atoms with van der Waals surface area (Å²) in [5.74, 6) is 0.712. The summed E-state index contributed by atoms with van der Waals surface area (Å²) in [6, 6.07) is -0.136. The van der Waals surface area contributed by atoms with Gasteiger partial charge in [-0.15, -0.1) is 10.2 Å². The average molecular weight is 252 g/mol. The Kier molecular flexibility index (Phi) is 4.63. The van der Waals surface area contributed by atoms with Crippen LogP contribution in [0.5, 0.6) is 0 Å². The monoisotopic (exact) mass is 252 g/mol. The minimum absolute atomic E-state index is 0.0602. The van der Waals surface area contributed by atoms with Gasteiger partial charge in [0.2, 0.25) is 5.91 Å². The zero-order valence-corrected chi connectivity index (χ0v) is 10.6. The quantitative estimate of drug-likeness (QED) is 0.693. The molecule has 7 heteroatoms. The summed E-state index contributed by atoms with van der Waals surface area (Å²) in [5, 5.41) is 20.2. The topological polar surface area (TPSA) is 95.6 Å². The Hall–Kier alpha value is -1.50. The van der Waals surface area contributed by atoms with E-state index in [1.165, 1.54) is 0 Å². The largest absolute Gasteiger partial charge is 0.346 e. The van der Waals surface area contributed by atoms with Crippen molar-refractivity contribution < 1.29 is 4.79 Å².